The predicted octanol–water partition coefficient (Wildman–Crippen LogP) is 6.33. The van der Waals surface area contributed by atoms with Crippen molar-refractivity contribution in [2.24, 2.45) is 11.8 Å². The maximum absolute atomic E-state index is 10.4. The highest BCUT2D eigenvalue weighted by molar-refractivity contribution is 5.87. The molecule has 0 amide bonds. The van der Waals surface area contributed by atoms with Crippen LogP contribution in [0.25, 0.3) is 10.8 Å². The Kier molecular flexibility index (Phi) is 6.29. The summed E-state index contributed by atoms with van der Waals surface area (Å²) in [6, 6.07) is 20.9. The molecule has 1 fully saturated rings. The fourth-order valence-corrected chi connectivity index (χ4v) is 4.92. The van der Waals surface area contributed by atoms with E-state index in [0.29, 0.717) is 24.4 Å². The molecule has 30 heavy (non-hydrogen) atoms. The quantitative estimate of drug-likeness (QED) is 0.522. The zero-order valence-corrected chi connectivity index (χ0v) is 18.2. The summed E-state index contributed by atoms with van der Waals surface area (Å²) in [4.78, 5) is 0. The molecule has 0 bridgehead atoms. The Morgan fingerprint density at radius 2 is 1.73 bits per heavy atom. The zero-order valence-electron chi connectivity index (χ0n) is 18.2. The van der Waals surface area contributed by atoms with Gasteiger partial charge in [0.1, 0.15) is 18.1 Å². The van der Waals surface area contributed by atoms with Crippen LogP contribution in [0.2, 0.25) is 0 Å². The Labute approximate surface area is 179 Å². The van der Waals surface area contributed by atoms with Gasteiger partial charge in [-0.3, -0.25) is 0 Å². The Hall–Kier alpha value is -2.52. The maximum Gasteiger partial charge on any atom is 0.120 e. The second kappa shape index (κ2) is 9.09. The van der Waals surface area contributed by atoms with Crippen LogP contribution in [0, 0.1) is 11.8 Å². The highest BCUT2D eigenvalue weighted by Crippen LogP contribution is 2.45. The van der Waals surface area contributed by atoms with Crippen LogP contribution in [-0.2, 0) is 6.61 Å². The van der Waals surface area contributed by atoms with Gasteiger partial charge in [0.15, 0.2) is 0 Å². The van der Waals surface area contributed by atoms with Crippen LogP contribution in [0.1, 0.15) is 50.2 Å². The number of ether oxygens (including phenoxy) is 2. The summed E-state index contributed by atoms with van der Waals surface area (Å²) in [5.74, 6) is 3.26. The van der Waals surface area contributed by atoms with Crippen molar-refractivity contribution in [1.82, 2.24) is 0 Å². The summed E-state index contributed by atoms with van der Waals surface area (Å²) in [6.45, 7) is 5.13. The fourth-order valence-electron chi connectivity index (χ4n) is 4.92. The summed E-state index contributed by atoms with van der Waals surface area (Å²) in [6.07, 6.45) is 2.60. The first-order valence-corrected chi connectivity index (χ1v) is 11.0. The molecular weight excluding hydrogens is 372 g/mol. The summed E-state index contributed by atoms with van der Waals surface area (Å²) >= 11 is 0. The average molecular weight is 405 g/mol. The number of rotatable bonds is 6. The molecule has 1 aliphatic carbocycles. The number of benzene rings is 3. The third-order valence-electron chi connectivity index (χ3n) is 6.56. The highest BCUT2D eigenvalue weighted by atomic mass is 16.5. The summed E-state index contributed by atoms with van der Waals surface area (Å²) < 4.78 is 11.5. The summed E-state index contributed by atoms with van der Waals surface area (Å²) in [7, 11) is 1.68. The van der Waals surface area contributed by atoms with E-state index in [-0.39, 0.29) is 6.10 Å². The molecule has 1 N–H and O–H groups in total. The first-order valence-electron chi connectivity index (χ1n) is 11.0. The van der Waals surface area contributed by atoms with Crippen molar-refractivity contribution in [3.8, 4) is 11.5 Å². The van der Waals surface area contributed by atoms with Gasteiger partial charge in [0.05, 0.1) is 13.2 Å². The number of aliphatic hydroxyl groups is 1. The van der Waals surface area contributed by atoms with Crippen molar-refractivity contribution in [3.63, 3.8) is 0 Å². The number of fused-ring (bicyclic) bond motifs is 1. The van der Waals surface area contributed by atoms with Crippen LogP contribution in [0.3, 0.4) is 0 Å². The largest absolute Gasteiger partial charge is 0.497 e. The monoisotopic (exact) mass is 404 g/mol. The zero-order chi connectivity index (χ0) is 21.1. The number of hydrogen-bond acceptors (Lipinski definition) is 3. The van der Waals surface area contributed by atoms with Crippen LogP contribution in [0.4, 0.5) is 0 Å². The normalized spacial score (nSPS) is 21.7. The molecule has 0 aromatic heterocycles. The molecule has 0 spiro atoms. The van der Waals surface area contributed by atoms with Crippen molar-refractivity contribution in [2.45, 2.75) is 51.7 Å². The van der Waals surface area contributed by atoms with E-state index in [4.69, 9.17) is 9.47 Å². The molecule has 3 heteroatoms. The molecular formula is C27H32O3. The van der Waals surface area contributed by atoms with Gasteiger partial charge in [-0.1, -0.05) is 50.2 Å². The first kappa shape index (κ1) is 20.7. The molecule has 3 unspecified atom stereocenters. The van der Waals surface area contributed by atoms with Crippen molar-refractivity contribution >= 4 is 10.8 Å². The van der Waals surface area contributed by atoms with E-state index in [9.17, 15) is 5.11 Å². The van der Waals surface area contributed by atoms with Gasteiger partial charge in [-0.25, -0.2) is 0 Å². The van der Waals surface area contributed by atoms with E-state index >= 15 is 0 Å². The molecule has 3 atom stereocenters. The number of hydrogen-bond donors (Lipinski definition) is 1. The molecule has 1 saturated carbocycles. The molecule has 158 valence electrons. The maximum atomic E-state index is 10.4. The van der Waals surface area contributed by atoms with Gasteiger partial charge in [-0.05, 0) is 83.2 Å². The van der Waals surface area contributed by atoms with Gasteiger partial charge >= 0.3 is 0 Å². The number of methoxy groups -OCH3 is 1. The Morgan fingerprint density at radius 3 is 2.47 bits per heavy atom. The minimum Gasteiger partial charge on any atom is -0.497 e. The first-order chi connectivity index (χ1) is 14.5. The fraction of sp³-hybridized carbons (Fsp3) is 0.407. The second-order valence-electron chi connectivity index (χ2n) is 8.85. The van der Waals surface area contributed by atoms with Crippen LogP contribution in [0.5, 0.6) is 11.5 Å². The minimum absolute atomic E-state index is 0.215. The third kappa shape index (κ3) is 4.46. The van der Waals surface area contributed by atoms with Gasteiger partial charge in [0, 0.05) is 0 Å². The van der Waals surface area contributed by atoms with Crippen LogP contribution >= 0.6 is 0 Å². The van der Waals surface area contributed by atoms with Gasteiger partial charge in [0.25, 0.3) is 0 Å². The lowest BCUT2D eigenvalue weighted by Crippen LogP contribution is -2.29. The predicted molar refractivity (Wildman–Crippen MR) is 122 cm³/mol. The van der Waals surface area contributed by atoms with E-state index < -0.39 is 0 Å². The van der Waals surface area contributed by atoms with Crippen LogP contribution in [-0.4, -0.2) is 18.3 Å². The highest BCUT2D eigenvalue weighted by Gasteiger charge is 2.33. The Bertz CT molecular complexity index is 977. The third-order valence-corrected chi connectivity index (χ3v) is 6.56. The Morgan fingerprint density at radius 1 is 0.967 bits per heavy atom. The molecule has 3 nitrogen and oxygen atoms in total. The molecule has 0 heterocycles. The lowest BCUT2D eigenvalue weighted by Gasteiger charge is -2.37. The topological polar surface area (TPSA) is 38.7 Å². The molecule has 0 aliphatic heterocycles. The average Bonchev–Trinajstić information content (AvgIpc) is 2.77. The lowest BCUT2D eigenvalue weighted by molar-refractivity contribution is 0.0799. The standard InChI is InChI=1S/C27H32O3/c1-18(2)24-13-10-21(28)15-26(24)27-16-23(14-20-6-4-5-7-25(20)27)30-17-19-8-11-22(29-3)12-9-19/h4-9,11-12,14,16,18,21,24,26,28H,10,13,15,17H2,1-3H3. The molecule has 3 aromatic rings. The molecule has 0 saturated heterocycles. The van der Waals surface area contributed by atoms with Crippen LogP contribution < -0.4 is 9.47 Å². The van der Waals surface area contributed by atoms with Gasteiger partial charge in [-0.15, -0.1) is 0 Å². The van der Waals surface area contributed by atoms with Crippen molar-refractivity contribution < 1.29 is 14.6 Å². The van der Waals surface area contributed by atoms with Gasteiger partial charge < -0.3 is 14.6 Å². The molecule has 1 aliphatic rings. The van der Waals surface area contributed by atoms with E-state index in [1.165, 1.54) is 16.3 Å². The molecule has 3 aromatic carbocycles. The smallest absolute Gasteiger partial charge is 0.120 e. The molecule has 0 radical (unpaired) electrons. The molecule has 4 rings (SSSR count). The Balaban J connectivity index is 1.66. The number of aliphatic hydroxyl groups excluding tert-OH is 1. The van der Waals surface area contributed by atoms with Crippen molar-refractivity contribution in [3.05, 3.63) is 71.8 Å². The summed E-state index contributed by atoms with van der Waals surface area (Å²) in [5, 5.41) is 12.9. The van der Waals surface area contributed by atoms with E-state index in [2.05, 4.69) is 50.2 Å². The van der Waals surface area contributed by atoms with Crippen molar-refractivity contribution in [2.75, 3.05) is 7.11 Å². The van der Waals surface area contributed by atoms with Crippen molar-refractivity contribution in [1.29, 1.82) is 0 Å². The SMILES string of the molecule is COc1ccc(COc2cc(C3CC(O)CCC3C(C)C)c3ccccc3c2)cc1. The second-order valence-corrected chi connectivity index (χ2v) is 8.85. The van der Waals surface area contributed by atoms with E-state index in [1.807, 2.05) is 24.3 Å². The van der Waals surface area contributed by atoms with E-state index in [1.54, 1.807) is 7.11 Å². The summed E-state index contributed by atoms with van der Waals surface area (Å²) in [5.41, 5.74) is 2.42. The lowest BCUT2D eigenvalue weighted by atomic mass is 9.69. The van der Waals surface area contributed by atoms with Gasteiger partial charge in [-0.2, -0.15) is 0 Å². The van der Waals surface area contributed by atoms with Gasteiger partial charge in [0.2, 0.25) is 0 Å². The van der Waals surface area contributed by atoms with Crippen LogP contribution in [0.15, 0.2) is 60.7 Å². The van der Waals surface area contributed by atoms with E-state index in [0.717, 1.165) is 36.3 Å². The minimum atomic E-state index is -0.215.